The van der Waals surface area contributed by atoms with Gasteiger partial charge in [0.05, 0.1) is 31.5 Å². The van der Waals surface area contributed by atoms with Crippen molar-refractivity contribution >= 4 is 17.7 Å². The molecule has 4 rings (SSSR count). The number of aliphatic hydroxyl groups is 2. The van der Waals surface area contributed by atoms with Crippen molar-refractivity contribution in [1.29, 1.82) is 0 Å². The molecule has 0 bridgehead atoms. The van der Waals surface area contributed by atoms with E-state index in [4.69, 9.17) is 31.1 Å². The highest BCUT2D eigenvalue weighted by Crippen LogP contribution is 2.47. The number of aromatic nitrogens is 1. The van der Waals surface area contributed by atoms with Crippen LogP contribution in [0.1, 0.15) is 28.5 Å². The molecule has 0 aliphatic carbocycles. The predicted octanol–water partition coefficient (Wildman–Crippen LogP) is 3.80. The molecule has 0 saturated carbocycles. The van der Waals surface area contributed by atoms with Gasteiger partial charge in [-0.3, -0.25) is 4.79 Å². The van der Waals surface area contributed by atoms with Crippen molar-refractivity contribution in [3.8, 4) is 28.5 Å². The monoisotopic (exact) mass is 599 g/mol. The summed E-state index contributed by atoms with van der Waals surface area (Å²) in [6.07, 6.45) is -5.30. The Hall–Kier alpha value is -3.65. The second-order valence-electron chi connectivity index (χ2n) is 9.43. The van der Waals surface area contributed by atoms with Crippen molar-refractivity contribution in [2.75, 3.05) is 33.5 Å². The summed E-state index contributed by atoms with van der Waals surface area (Å²) in [6, 6.07) is 9.73. The van der Waals surface area contributed by atoms with E-state index in [0.717, 1.165) is 18.2 Å². The Balaban J connectivity index is 1.73. The fourth-order valence-electron chi connectivity index (χ4n) is 4.21. The summed E-state index contributed by atoms with van der Waals surface area (Å²) in [6.45, 7) is -0.0995. The molecular formula is C27H26ClF4N3O6. The first kappa shape index (κ1) is 30.3. The molecule has 0 unspecified atom stereocenters. The lowest BCUT2D eigenvalue weighted by atomic mass is 9.89. The first-order valence-corrected chi connectivity index (χ1v) is 12.6. The maximum absolute atomic E-state index is 14.5. The van der Waals surface area contributed by atoms with Crippen LogP contribution < -0.4 is 24.4 Å². The topological polar surface area (TPSA) is 122 Å². The number of pyridine rings is 1. The maximum atomic E-state index is 14.5. The van der Waals surface area contributed by atoms with Gasteiger partial charge >= 0.3 is 6.18 Å². The van der Waals surface area contributed by atoms with Gasteiger partial charge in [0, 0.05) is 16.7 Å². The number of carbonyl (C=O) groups excluding carboxylic acids is 1. The summed E-state index contributed by atoms with van der Waals surface area (Å²) in [4.78, 5) is 19.5. The highest BCUT2D eigenvalue weighted by Gasteiger charge is 2.57. The summed E-state index contributed by atoms with van der Waals surface area (Å²) >= 11 is 5.91. The largest absolute Gasteiger partial charge is 0.493 e. The van der Waals surface area contributed by atoms with Crippen molar-refractivity contribution in [2.45, 2.75) is 24.2 Å². The van der Waals surface area contributed by atoms with Gasteiger partial charge in [0.1, 0.15) is 24.7 Å². The van der Waals surface area contributed by atoms with Crippen LogP contribution in [0.15, 0.2) is 48.5 Å². The van der Waals surface area contributed by atoms with Gasteiger partial charge in [-0.1, -0.05) is 0 Å². The molecule has 41 heavy (non-hydrogen) atoms. The van der Waals surface area contributed by atoms with Gasteiger partial charge in [-0.25, -0.2) is 14.2 Å². The van der Waals surface area contributed by atoms with Crippen LogP contribution in [0.5, 0.6) is 17.2 Å². The quantitative estimate of drug-likeness (QED) is 0.205. The van der Waals surface area contributed by atoms with Gasteiger partial charge in [0.25, 0.3) is 5.91 Å². The summed E-state index contributed by atoms with van der Waals surface area (Å²) < 4.78 is 73.3. The number of hydrogen-bond donors (Lipinski definition) is 4. The zero-order valence-corrected chi connectivity index (χ0v) is 22.6. The SMILES string of the molecule is COc1cc(C(=O)NC[C@@](O)(c2cc3c(c(-c4ccc(F)cc4)n2)OC[C@@]3(C)NCl)C(F)(F)F)ccc1OCCO. The number of halogens is 5. The third-order valence-electron chi connectivity index (χ3n) is 6.57. The Kier molecular flexibility index (Phi) is 8.64. The molecular weight excluding hydrogens is 574 g/mol. The van der Waals surface area contributed by atoms with Crippen LogP contribution >= 0.6 is 11.8 Å². The average molecular weight is 600 g/mol. The predicted molar refractivity (Wildman–Crippen MR) is 139 cm³/mol. The highest BCUT2D eigenvalue weighted by atomic mass is 35.5. The molecule has 14 heteroatoms. The number of ether oxygens (including phenoxy) is 3. The van der Waals surface area contributed by atoms with Crippen LogP contribution in [0.4, 0.5) is 17.6 Å². The van der Waals surface area contributed by atoms with E-state index in [-0.39, 0.29) is 59.5 Å². The Morgan fingerprint density at radius 1 is 1.17 bits per heavy atom. The van der Waals surface area contributed by atoms with Crippen LogP contribution in [0.3, 0.4) is 0 Å². The number of nitrogens with one attached hydrogen (secondary N) is 2. The van der Waals surface area contributed by atoms with E-state index in [1.807, 2.05) is 0 Å². The third-order valence-corrected chi connectivity index (χ3v) is 6.99. The second-order valence-corrected chi connectivity index (χ2v) is 9.62. The second kappa shape index (κ2) is 11.7. The first-order valence-electron chi connectivity index (χ1n) is 12.2. The minimum absolute atomic E-state index is 0.0441. The molecule has 220 valence electrons. The maximum Gasteiger partial charge on any atom is 0.424 e. The van der Waals surface area contributed by atoms with Crippen LogP contribution in [0.25, 0.3) is 11.3 Å². The Morgan fingerprint density at radius 3 is 2.49 bits per heavy atom. The molecule has 2 atom stereocenters. The molecule has 0 spiro atoms. The average Bonchev–Trinajstić information content (AvgIpc) is 3.30. The van der Waals surface area contributed by atoms with E-state index < -0.39 is 41.3 Å². The molecule has 2 aromatic carbocycles. The minimum Gasteiger partial charge on any atom is -0.493 e. The molecule has 0 saturated heterocycles. The fraction of sp³-hybridized carbons (Fsp3) is 0.333. The highest BCUT2D eigenvalue weighted by molar-refractivity contribution is 6.14. The van der Waals surface area contributed by atoms with E-state index in [2.05, 4.69) is 15.1 Å². The third kappa shape index (κ3) is 5.89. The number of nitrogens with zero attached hydrogens (tertiary/aromatic N) is 1. The van der Waals surface area contributed by atoms with Crippen molar-refractivity contribution < 1.29 is 46.8 Å². The molecule has 9 nitrogen and oxygen atoms in total. The minimum atomic E-state index is -5.30. The van der Waals surface area contributed by atoms with Gasteiger partial charge in [-0.05, 0) is 67.2 Å². The summed E-state index contributed by atoms with van der Waals surface area (Å²) in [5, 5.41) is 22.2. The number of fused-ring (bicyclic) bond motifs is 1. The summed E-state index contributed by atoms with van der Waals surface area (Å²) in [5.74, 6) is -1.10. The smallest absolute Gasteiger partial charge is 0.424 e. The molecule has 4 N–H and O–H groups in total. The normalized spacial score (nSPS) is 17.8. The van der Waals surface area contributed by atoms with Crippen LogP contribution in [0, 0.1) is 5.82 Å². The van der Waals surface area contributed by atoms with Crippen molar-refractivity contribution in [3.05, 3.63) is 71.2 Å². The van der Waals surface area contributed by atoms with Crippen molar-refractivity contribution in [3.63, 3.8) is 0 Å². The van der Waals surface area contributed by atoms with Crippen molar-refractivity contribution in [1.82, 2.24) is 15.1 Å². The number of hydrogen-bond acceptors (Lipinski definition) is 8. The summed E-state index contributed by atoms with van der Waals surface area (Å²) in [7, 11) is 1.30. The number of methoxy groups -OCH3 is 1. The van der Waals surface area contributed by atoms with Gasteiger partial charge in [0.2, 0.25) is 5.60 Å². The van der Waals surface area contributed by atoms with E-state index in [1.54, 1.807) is 6.92 Å². The lowest BCUT2D eigenvalue weighted by molar-refractivity contribution is -0.265. The van der Waals surface area contributed by atoms with Gasteiger partial charge in [-0.2, -0.15) is 13.2 Å². The zero-order valence-electron chi connectivity index (χ0n) is 21.8. The number of alkyl halides is 3. The Labute approximate surface area is 237 Å². The zero-order chi connectivity index (χ0) is 30.0. The molecule has 3 aromatic rings. The van der Waals surface area contributed by atoms with E-state index in [1.165, 1.54) is 37.4 Å². The number of aliphatic hydroxyl groups excluding tert-OH is 1. The number of benzene rings is 2. The Morgan fingerprint density at radius 2 is 1.88 bits per heavy atom. The molecule has 1 aliphatic rings. The van der Waals surface area contributed by atoms with Gasteiger partial charge < -0.3 is 29.7 Å². The molecule has 1 amide bonds. The first-order chi connectivity index (χ1) is 19.4. The standard InChI is InChI=1S/C27H26ClF4N3O6/c1-25(35-28)14-41-23-18(25)12-21(34-22(23)15-3-6-17(29)7-4-15)26(38,27(30,31)32)13-33-24(37)16-5-8-19(40-10-9-36)20(11-16)39-2/h3-8,11-12,35-36,38H,9-10,13-14H2,1-2H3,(H,33,37)/t25-,26-/m1/s1. The van der Waals surface area contributed by atoms with E-state index in [0.29, 0.717) is 0 Å². The lowest BCUT2D eigenvalue weighted by Crippen LogP contribution is -2.51. The molecule has 1 aromatic heterocycles. The Bertz CT molecular complexity index is 1430. The van der Waals surface area contributed by atoms with Crippen LogP contribution in [0.2, 0.25) is 0 Å². The lowest BCUT2D eigenvalue weighted by Gasteiger charge is -2.31. The van der Waals surface area contributed by atoms with E-state index >= 15 is 0 Å². The van der Waals surface area contributed by atoms with Crippen LogP contribution in [-0.4, -0.2) is 60.8 Å². The number of carbonyl (C=O) groups is 1. The van der Waals surface area contributed by atoms with Crippen LogP contribution in [-0.2, 0) is 11.1 Å². The van der Waals surface area contributed by atoms with Gasteiger partial charge in [-0.15, -0.1) is 0 Å². The molecule has 0 fully saturated rings. The fourth-order valence-corrected chi connectivity index (χ4v) is 4.36. The molecule has 1 aliphatic heterocycles. The van der Waals surface area contributed by atoms with E-state index in [9.17, 15) is 27.5 Å². The molecule has 0 radical (unpaired) electrons. The number of rotatable bonds is 10. The van der Waals surface area contributed by atoms with Crippen molar-refractivity contribution in [2.24, 2.45) is 0 Å². The summed E-state index contributed by atoms with van der Waals surface area (Å²) in [5.41, 5.74) is -5.40. The number of amides is 1. The van der Waals surface area contributed by atoms with Gasteiger partial charge in [0.15, 0.2) is 17.2 Å². The molecule has 2 heterocycles.